The largest absolute Gasteiger partial charge is 0.296 e. The second-order valence-electron chi connectivity index (χ2n) is 6.30. The molecule has 1 rings (SSSR count). The third kappa shape index (κ3) is 7.40. The van der Waals surface area contributed by atoms with Gasteiger partial charge in [0.25, 0.3) is 0 Å². The maximum absolute atomic E-state index is 12.5. The number of halogens is 2. The number of rotatable bonds is 9. The molecule has 0 aliphatic rings. The van der Waals surface area contributed by atoms with Crippen LogP contribution in [0, 0.1) is 11.8 Å². The number of ketones is 1. The molecule has 1 heterocycles. The van der Waals surface area contributed by atoms with Crippen LogP contribution in [-0.2, 0) is 0 Å². The molecular weight excluding hydrogens is 414 g/mol. The highest BCUT2D eigenvalue weighted by Gasteiger charge is 2.17. The van der Waals surface area contributed by atoms with Gasteiger partial charge < -0.3 is 0 Å². The predicted octanol–water partition coefficient (Wildman–Crippen LogP) is 5.85. The van der Waals surface area contributed by atoms with Gasteiger partial charge in [-0.3, -0.25) is 9.69 Å². The van der Waals surface area contributed by atoms with Crippen molar-refractivity contribution in [3.8, 4) is 0 Å². The summed E-state index contributed by atoms with van der Waals surface area (Å²) in [5.41, 5.74) is 0.797. The van der Waals surface area contributed by atoms with Crippen LogP contribution in [0.3, 0.4) is 0 Å². The molecule has 0 aromatic carbocycles. The molecule has 0 saturated heterocycles. The zero-order valence-corrected chi connectivity index (χ0v) is 17.3. The smallest absolute Gasteiger partial charge is 0.178 e. The molecule has 0 aliphatic carbocycles. The lowest BCUT2D eigenvalue weighted by molar-refractivity contribution is 0.0922. The minimum Gasteiger partial charge on any atom is -0.296 e. The van der Waals surface area contributed by atoms with Crippen LogP contribution in [0.15, 0.2) is 13.6 Å². The number of hydrogen-bond donors (Lipinski definition) is 0. The minimum atomic E-state index is 0.205. The molecule has 0 fully saturated rings. The van der Waals surface area contributed by atoms with E-state index in [0.717, 1.165) is 39.1 Å². The predicted molar refractivity (Wildman–Crippen MR) is 99.4 cm³/mol. The minimum absolute atomic E-state index is 0.205. The van der Waals surface area contributed by atoms with E-state index >= 15 is 0 Å². The summed E-state index contributed by atoms with van der Waals surface area (Å²) in [5.74, 6) is 1.55. The molecule has 0 atom stereocenters. The van der Waals surface area contributed by atoms with Gasteiger partial charge in [0.15, 0.2) is 5.78 Å². The van der Waals surface area contributed by atoms with Crippen molar-refractivity contribution in [3.63, 3.8) is 0 Å². The van der Waals surface area contributed by atoms with Crippen molar-refractivity contribution >= 4 is 49.0 Å². The Hall–Kier alpha value is 0.290. The van der Waals surface area contributed by atoms with Crippen molar-refractivity contribution in [1.29, 1.82) is 0 Å². The number of Topliss-reactive ketones (excluding diaryl/α,β-unsaturated/α-hetero) is 1. The maximum Gasteiger partial charge on any atom is 0.178 e. The van der Waals surface area contributed by atoms with Gasteiger partial charge in [0.05, 0.1) is 14.1 Å². The molecule has 0 spiro atoms. The van der Waals surface area contributed by atoms with E-state index in [1.54, 1.807) is 11.3 Å². The standard InChI is InChI=1S/C16H25Br2NOS/c1-11(2)5-7-19(8-6-12(3)4)10-14(20)13-9-15(17)21-16(13)18/h9,11-12H,5-8,10H2,1-4H3. The highest BCUT2D eigenvalue weighted by atomic mass is 79.9. The van der Waals surface area contributed by atoms with Crippen molar-refractivity contribution in [3.05, 3.63) is 19.2 Å². The van der Waals surface area contributed by atoms with Gasteiger partial charge in [-0.25, -0.2) is 0 Å². The third-order valence-corrected chi connectivity index (χ3v) is 5.71. The summed E-state index contributed by atoms with van der Waals surface area (Å²) in [6.07, 6.45) is 2.28. The Balaban J connectivity index is 2.65. The van der Waals surface area contributed by atoms with Gasteiger partial charge in [0.2, 0.25) is 0 Å². The fraction of sp³-hybridized carbons (Fsp3) is 0.688. The molecule has 0 aliphatic heterocycles. The molecule has 21 heavy (non-hydrogen) atoms. The SMILES string of the molecule is CC(C)CCN(CCC(C)C)CC(=O)c1cc(Br)sc1Br. The Bertz CT molecular complexity index is 445. The van der Waals surface area contributed by atoms with Crippen LogP contribution in [0.1, 0.15) is 50.9 Å². The number of carbonyl (C=O) groups is 1. The van der Waals surface area contributed by atoms with E-state index in [2.05, 4.69) is 64.5 Å². The third-order valence-electron chi connectivity index (χ3n) is 3.37. The molecule has 0 bridgehead atoms. The number of nitrogens with zero attached hydrogens (tertiary/aromatic N) is 1. The van der Waals surface area contributed by atoms with E-state index in [0.29, 0.717) is 18.4 Å². The fourth-order valence-electron chi connectivity index (χ4n) is 1.97. The molecule has 1 aromatic rings. The summed E-state index contributed by atoms with van der Waals surface area (Å²) >= 11 is 8.48. The normalized spacial score (nSPS) is 11.9. The Kier molecular flexibility index (Phi) is 8.69. The van der Waals surface area contributed by atoms with E-state index in [-0.39, 0.29) is 5.78 Å². The average Bonchev–Trinajstić information content (AvgIpc) is 2.71. The first-order valence-electron chi connectivity index (χ1n) is 7.50. The first-order valence-corrected chi connectivity index (χ1v) is 9.90. The zero-order valence-electron chi connectivity index (χ0n) is 13.3. The van der Waals surface area contributed by atoms with Crippen LogP contribution in [0.25, 0.3) is 0 Å². The Morgan fingerprint density at radius 3 is 2.05 bits per heavy atom. The summed E-state index contributed by atoms with van der Waals surface area (Å²) in [4.78, 5) is 14.8. The van der Waals surface area contributed by atoms with Gasteiger partial charge in [-0.05, 0) is 75.7 Å². The van der Waals surface area contributed by atoms with Crippen LogP contribution < -0.4 is 0 Å². The first-order chi connectivity index (χ1) is 9.79. The van der Waals surface area contributed by atoms with E-state index in [1.807, 2.05) is 6.07 Å². The lowest BCUT2D eigenvalue weighted by atomic mass is 10.1. The van der Waals surface area contributed by atoms with E-state index < -0.39 is 0 Å². The van der Waals surface area contributed by atoms with Crippen molar-refractivity contribution < 1.29 is 4.79 Å². The lowest BCUT2D eigenvalue weighted by Gasteiger charge is -2.23. The van der Waals surface area contributed by atoms with Crippen LogP contribution in [0.4, 0.5) is 0 Å². The van der Waals surface area contributed by atoms with Gasteiger partial charge in [-0.2, -0.15) is 0 Å². The molecule has 2 nitrogen and oxygen atoms in total. The highest BCUT2D eigenvalue weighted by Crippen LogP contribution is 2.32. The highest BCUT2D eigenvalue weighted by molar-refractivity contribution is 9.12. The molecule has 0 saturated carbocycles. The average molecular weight is 439 g/mol. The van der Waals surface area contributed by atoms with Crippen LogP contribution in [0.5, 0.6) is 0 Å². The summed E-state index contributed by atoms with van der Waals surface area (Å²) in [5, 5.41) is 0. The molecular formula is C16H25Br2NOS. The van der Waals surface area contributed by atoms with E-state index in [4.69, 9.17) is 0 Å². The molecule has 0 radical (unpaired) electrons. The van der Waals surface area contributed by atoms with Gasteiger partial charge >= 0.3 is 0 Å². The Labute approximate surface area is 149 Å². The molecule has 1 aromatic heterocycles. The van der Waals surface area contributed by atoms with Gasteiger partial charge in [0, 0.05) is 5.56 Å². The van der Waals surface area contributed by atoms with Crippen molar-refractivity contribution in [1.82, 2.24) is 4.90 Å². The second-order valence-corrected chi connectivity index (χ2v) is 10.1. The number of carbonyl (C=O) groups excluding carboxylic acids is 1. The van der Waals surface area contributed by atoms with Gasteiger partial charge in [-0.15, -0.1) is 11.3 Å². The van der Waals surface area contributed by atoms with E-state index in [9.17, 15) is 4.79 Å². The first kappa shape index (κ1) is 19.3. The van der Waals surface area contributed by atoms with Gasteiger partial charge in [0.1, 0.15) is 0 Å². The summed E-state index contributed by atoms with van der Waals surface area (Å²) < 4.78 is 1.92. The maximum atomic E-state index is 12.5. The van der Waals surface area contributed by atoms with Crippen LogP contribution in [-0.4, -0.2) is 30.3 Å². The summed E-state index contributed by atoms with van der Waals surface area (Å²) in [7, 11) is 0. The number of hydrogen-bond acceptors (Lipinski definition) is 3. The topological polar surface area (TPSA) is 20.3 Å². The van der Waals surface area contributed by atoms with Crippen molar-refractivity contribution in [2.75, 3.05) is 19.6 Å². The summed E-state index contributed by atoms with van der Waals surface area (Å²) in [6, 6.07) is 1.92. The molecule has 120 valence electrons. The molecule has 0 unspecified atom stereocenters. The van der Waals surface area contributed by atoms with Gasteiger partial charge in [-0.1, -0.05) is 27.7 Å². The molecule has 5 heteroatoms. The zero-order chi connectivity index (χ0) is 16.0. The fourth-order valence-corrected chi connectivity index (χ4v) is 4.83. The quantitative estimate of drug-likeness (QED) is 0.450. The van der Waals surface area contributed by atoms with Crippen molar-refractivity contribution in [2.24, 2.45) is 11.8 Å². The Morgan fingerprint density at radius 1 is 1.14 bits per heavy atom. The molecule has 0 amide bonds. The van der Waals surface area contributed by atoms with Crippen LogP contribution >= 0.6 is 43.2 Å². The van der Waals surface area contributed by atoms with E-state index in [1.165, 1.54) is 0 Å². The lowest BCUT2D eigenvalue weighted by Crippen LogP contribution is -2.33. The summed E-state index contributed by atoms with van der Waals surface area (Å²) in [6.45, 7) is 11.4. The second kappa shape index (κ2) is 9.43. The Morgan fingerprint density at radius 2 is 1.67 bits per heavy atom. The van der Waals surface area contributed by atoms with Crippen LogP contribution in [0.2, 0.25) is 0 Å². The van der Waals surface area contributed by atoms with Crippen molar-refractivity contribution in [2.45, 2.75) is 40.5 Å². The number of thiophene rings is 1. The molecule has 0 N–H and O–H groups in total. The monoisotopic (exact) mass is 437 g/mol.